The molecule has 8 heteroatoms. The maximum atomic E-state index is 11.9. The van der Waals surface area contributed by atoms with Gasteiger partial charge in [0, 0.05) is 23.7 Å². The van der Waals surface area contributed by atoms with Crippen molar-refractivity contribution in [3.05, 3.63) is 52.4 Å². The second kappa shape index (κ2) is 6.66. The first kappa shape index (κ1) is 17.5. The zero-order chi connectivity index (χ0) is 19.1. The van der Waals surface area contributed by atoms with E-state index in [0.29, 0.717) is 35.7 Å². The average Bonchev–Trinajstić information content (AvgIpc) is 3.19. The van der Waals surface area contributed by atoms with Crippen LogP contribution >= 0.6 is 11.6 Å². The number of benzene rings is 1. The lowest BCUT2D eigenvalue weighted by atomic mass is 10.2. The lowest BCUT2D eigenvalue weighted by Gasteiger charge is -2.17. The molecule has 1 saturated heterocycles. The molecule has 1 N–H and O–H groups in total. The molecule has 1 aliphatic rings. The summed E-state index contributed by atoms with van der Waals surface area (Å²) >= 11 is 6.47. The fraction of sp³-hybridized carbons (Fsp3) is 0.263. The summed E-state index contributed by atoms with van der Waals surface area (Å²) in [7, 11) is 0. The van der Waals surface area contributed by atoms with E-state index < -0.39 is 5.97 Å². The van der Waals surface area contributed by atoms with E-state index >= 15 is 0 Å². The second-order valence-corrected chi connectivity index (χ2v) is 6.92. The molecular weight excluding hydrogens is 368 g/mol. The van der Waals surface area contributed by atoms with E-state index in [0.717, 1.165) is 23.5 Å². The number of aromatic carboxylic acids is 1. The summed E-state index contributed by atoms with van der Waals surface area (Å²) in [4.78, 5) is 33.5. The van der Waals surface area contributed by atoms with Gasteiger partial charge in [0.2, 0.25) is 5.91 Å². The molecule has 2 aromatic heterocycles. The number of carbonyl (C=O) groups is 2. The van der Waals surface area contributed by atoms with E-state index in [2.05, 4.69) is 9.97 Å². The van der Waals surface area contributed by atoms with E-state index in [1.165, 1.54) is 6.07 Å². The monoisotopic (exact) mass is 384 g/mol. The highest BCUT2D eigenvalue weighted by Gasteiger charge is 2.22. The van der Waals surface area contributed by atoms with Crippen LogP contribution in [0.2, 0.25) is 5.02 Å². The van der Waals surface area contributed by atoms with Gasteiger partial charge in [-0.1, -0.05) is 17.7 Å². The van der Waals surface area contributed by atoms with Gasteiger partial charge in [0.1, 0.15) is 11.3 Å². The van der Waals surface area contributed by atoms with Crippen molar-refractivity contribution in [2.75, 3.05) is 11.4 Å². The van der Waals surface area contributed by atoms with Crippen LogP contribution < -0.4 is 4.90 Å². The summed E-state index contributed by atoms with van der Waals surface area (Å²) in [5, 5.41) is 9.73. The summed E-state index contributed by atoms with van der Waals surface area (Å²) in [6.07, 6.45) is 1.42. The molecule has 0 bridgehead atoms. The smallest absolute Gasteiger partial charge is 0.354 e. The number of aryl methyl sites for hydroxylation is 1. The van der Waals surface area contributed by atoms with E-state index in [-0.39, 0.29) is 11.6 Å². The highest BCUT2D eigenvalue weighted by molar-refractivity contribution is 6.31. The Morgan fingerprint density at radius 1 is 1.26 bits per heavy atom. The number of nitrogens with zero attached hydrogens (tertiary/aromatic N) is 4. The van der Waals surface area contributed by atoms with Crippen LogP contribution in [0.5, 0.6) is 0 Å². The van der Waals surface area contributed by atoms with Gasteiger partial charge in [-0.25, -0.2) is 14.8 Å². The summed E-state index contributed by atoms with van der Waals surface area (Å²) in [5.41, 5.74) is 2.74. The van der Waals surface area contributed by atoms with Crippen molar-refractivity contribution in [3.63, 3.8) is 0 Å². The molecule has 0 atom stereocenters. The third-order valence-corrected chi connectivity index (χ3v) is 5.10. The maximum Gasteiger partial charge on any atom is 0.354 e. The molecule has 138 valence electrons. The SMILES string of the molecule is Cc1nc2ccc(C(=O)O)nc2n1Cc1ccc(N2CCCC2=O)cc1Cl. The van der Waals surface area contributed by atoms with Crippen LogP contribution in [0.4, 0.5) is 5.69 Å². The molecule has 4 rings (SSSR count). The number of hydrogen-bond acceptors (Lipinski definition) is 4. The van der Waals surface area contributed by atoms with Gasteiger partial charge in [-0.3, -0.25) is 4.79 Å². The summed E-state index contributed by atoms with van der Waals surface area (Å²) in [6.45, 7) is 2.96. The number of imidazole rings is 1. The molecular formula is C19H17ClN4O3. The van der Waals surface area contributed by atoms with Gasteiger partial charge in [-0.2, -0.15) is 0 Å². The van der Waals surface area contributed by atoms with Gasteiger partial charge in [0.15, 0.2) is 11.3 Å². The van der Waals surface area contributed by atoms with E-state index in [4.69, 9.17) is 11.6 Å². The molecule has 1 amide bonds. The number of halogens is 1. The molecule has 7 nitrogen and oxygen atoms in total. The third kappa shape index (κ3) is 3.14. The topological polar surface area (TPSA) is 88.3 Å². The largest absolute Gasteiger partial charge is 0.477 e. The van der Waals surface area contributed by atoms with Crippen LogP contribution in [0.3, 0.4) is 0 Å². The number of amides is 1. The van der Waals surface area contributed by atoms with Gasteiger partial charge < -0.3 is 14.6 Å². The minimum atomic E-state index is -1.08. The number of carboxylic acid groups (broad SMARTS) is 1. The van der Waals surface area contributed by atoms with Crippen molar-refractivity contribution >= 4 is 40.3 Å². The van der Waals surface area contributed by atoms with Gasteiger partial charge >= 0.3 is 5.97 Å². The van der Waals surface area contributed by atoms with Crippen LogP contribution in [0.15, 0.2) is 30.3 Å². The first-order chi connectivity index (χ1) is 12.9. The van der Waals surface area contributed by atoms with Gasteiger partial charge in [-0.15, -0.1) is 0 Å². The summed E-state index contributed by atoms with van der Waals surface area (Å²) < 4.78 is 1.84. The molecule has 0 radical (unpaired) electrons. The van der Waals surface area contributed by atoms with E-state index in [1.54, 1.807) is 17.0 Å². The molecule has 0 unspecified atom stereocenters. The first-order valence-corrected chi connectivity index (χ1v) is 8.98. The van der Waals surface area contributed by atoms with Crippen molar-refractivity contribution in [1.29, 1.82) is 0 Å². The molecule has 3 aromatic rings. The number of pyridine rings is 1. The highest BCUT2D eigenvalue weighted by Crippen LogP contribution is 2.28. The Morgan fingerprint density at radius 3 is 2.74 bits per heavy atom. The predicted octanol–water partition coefficient (Wildman–Crippen LogP) is 3.27. The Kier molecular flexibility index (Phi) is 4.31. The minimum absolute atomic E-state index is 0.0300. The number of anilines is 1. The molecule has 0 aliphatic carbocycles. The van der Waals surface area contributed by atoms with Crippen molar-refractivity contribution in [2.45, 2.75) is 26.3 Å². The van der Waals surface area contributed by atoms with Crippen molar-refractivity contribution < 1.29 is 14.7 Å². The predicted molar refractivity (Wildman–Crippen MR) is 101 cm³/mol. The Bertz CT molecular complexity index is 1080. The molecule has 1 aromatic carbocycles. The zero-order valence-electron chi connectivity index (χ0n) is 14.6. The van der Waals surface area contributed by atoms with Crippen molar-refractivity contribution in [2.24, 2.45) is 0 Å². The Hall–Kier alpha value is -2.93. The van der Waals surface area contributed by atoms with Crippen LogP contribution in [0.25, 0.3) is 11.2 Å². The molecule has 1 aliphatic heterocycles. The molecule has 3 heterocycles. The van der Waals surface area contributed by atoms with E-state index in [1.807, 2.05) is 23.6 Å². The second-order valence-electron chi connectivity index (χ2n) is 6.51. The van der Waals surface area contributed by atoms with Gasteiger partial charge in [0.05, 0.1) is 6.54 Å². The standard InChI is InChI=1S/C19H17ClN4O3/c1-11-21-15-6-7-16(19(26)27)22-18(15)24(11)10-12-4-5-13(9-14(12)20)23-8-2-3-17(23)25/h4-7,9H,2-3,8,10H2,1H3,(H,26,27). The molecule has 0 saturated carbocycles. The number of fused-ring (bicyclic) bond motifs is 1. The third-order valence-electron chi connectivity index (χ3n) is 4.75. The zero-order valence-corrected chi connectivity index (χ0v) is 15.4. The van der Waals surface area contributed by atoms with E-state index in [9.17, 15) is 14.7 Å². The fourth-order valence-corrected chi connectivity index (χ4v) is 3.58. The number of carbonyl (C=O) groups excluding carboxylic acids is 1. The lowest BCUT2D eigenvalue weighted by molar-refractivity contribution is -0.117. The molecule has 1 fully saturated rings. The number of aromatic nitrogens is 3. The lowest BCUT2D eigenvalue weighted by Crippen LogP contribution is -2.23. The van der Waals surface area contributed by atoms with Crippen LogP contribution in [0, 0.1) is 6.92 Å². The van der Waals surface area contributed by atoms with Gasteiger partial charge in [0.25, 0.3) is 0 Å². The minimum Gasteiger partial charge on any atom is -0.477 e. The van der Waals surface area contributed by atoms with Crippen molar-refractivity contribution in [1.82, 2.24) is 14.5 Å². The quantitative estimate of drug-likeness (QED) is 0.745. The Balaban J connectivity index is 1.69. The maximum absolute atomic E-state index is 11.9. The van der Waals surface area contributed by atoms with Crippen LogP contribution in [-0.2, 0) is 11.3 Å². The summed E-state index contributed by atoms with van der Waals surface area (Å²) in [5.74, 6) is -0.254. The molecule has 27 heavy (non-hydrogen) atoms. The van der Waals surface area contributed by atoms with Crippen molar-refractivity contribution in [3.8, 4) is 0 Å². The number of carboxylic acids is 1. The normalized spacial score (nSPS) is 14.3. The number of hydrogen-bond donors (Lipinski definition) is 1. The molecule has 0 spiro atoms. The van der Waals surface area contributed by atoms with Crippen LogP contribution in [-0.4, -0.2) is 38.1 Å². The first-order valence-electron chi connectivity index (χ1n) is 8.60. The number of rotatable bonds is 4. The Morgan fingerprint density at radius 2 is 2.07 bits per heavy atom. The Labute approximate surface area is 160 Å². The average molecular weight is 385 g/mol. The fourth-order valence-electron chi connectivity index (χ4n) is 3.35. The summed E-state index contributed by atoms with van der Waals surface area (Å²) in [6, 6.07) is 8.66. The highest BCUT2D eigenvalue weighted by atomic mass is 35.5. The van der Waals surface area contributed by atoms with Crippen LogP contribution in [0.1, 0.15) is 34.7 Å². The van der Waals surface area contributed by atoms with Gasteiger partial charge in [-0.05, 0) is 43.2 Å².